The predicted molar refractivity (Wildman–Crippen MR) is 103 cm³/mol. The summed E-state index contributed by atoms with van der Waals surface area (Å²) in [4.78, 5) is 12.6. The monoisotopic (exact) mass is 392 g/mol. The second-order valence-corrected chi connectivity index (χ2v) is 7.20. The van der Waals surface area contributed by atoms with Crippen LogP contribution in [0.2, 0.25) is 0 Å². The third-order valence-corrected chi connectivity index (χ3v) is 5.19. The molecule has 1 saturated heterocycles. The van der Waals surface area contributed by atoms with Gasteiger partial charge in [-0.15, -0.1) is 12.4 Å². The van der Waals surface area contributed by atoms with E-state index in [4.69, 9.17) is 0 Å². The Morgan fingerprint density at radius 3 is 2.44 bits per heavy atom. The van der Waals surface area contributed by atoms with Gasteiger partial charge in [0.15, 0.2) is 0 Å². The minimum Gasteiger partial charge on any atom is -0.344 e. The number of carbonyl (C=O) groups excluding carboxylic acids is 1. The molecule has 1 aliphatic carbocycles. The molecule has 1 saturated carbocycles. The number of nitrogens with one attached hydrogen (secondary N) is 2. The van der Waals surface area contributed by atoms with Gasteiger partial charge >= 0.3 is 0 Å². The lowest BCUT2D eigenvalue weighted by molar-refractivity contribution is -0.123. The first-order valence-corrected chi connectivity index (χ1v) is 9.14. The number of halogens is 3. The van der Waals surface area contributed by atoms with Gasteiger partial charge in [-0.05, 0) is 41.5 Å². The molecule has 2 fully saturated rings. The number of benzene rings is 2. The molecule has 6 heteroatoms. The van der Waals surface area contributed by atoms with Gasteiger partial charge in [-0.1, -0.05) is 42.5 Å². The van der Waals surface area contributed by atoms with Crippen molar-refractivity contribution in [1.29, 1.82) is 0 Å². The summed E-state index contributed by atoms with van der Waals surface area (Å²) in [6, 6.07) is 13.7. The van der Waals surface area contributed by atoms with E-state index in [9.17, 15) is 13.6 Å². The fraction of sp³-hybridized carbons (Fsp3) is 0.381. The van der Waals surface area contributed by atoms with Gasteiger partial charge in [-0.25, -0.2) is 8.78 Å². The summed E-state index contributed by atoms with van der Waals surface area (Å²) in [7, 11) is 0. The number of carbonyl (C=O) groups is 1. The van der Waals surface area contributed by atoms with Gasteiger partial charge in [0.1, 0.15) is 12.0 Å². The molecule has 4 rings (SSSR count). The van der Waals surface area contributed by atoms with Crippen molar-refractivity contribution in [2.75, 3.05) is 6.54 Å². The van der Waals surface area contributed by atoms with Crippen LogP contribution in [0.3, 0.4) is 0 Å². The van der Waals surface area contributed by atoms with Crippen LogP contribution < -0.4 is 10.6 Å². The number of hydrogen-bond donors (Lipinski definition) is 2. The number of amides is 1. The first kappa shape index (κ1) is 19.8. The van der Waals surface area contributed by atoms with Gasteiger partial charge < -0.3 is 10.6 Å². The van der Waals surface area contributed by atoms with Crippen LogP contribution in [-0.2, 0) is 4.79 Å². The van der Waals surface area contributed by atoms with E-state index in [1.54, 1.807) is 0 Å². The van der Waals surface area contributed by atoms with Gasteiger partial charge in [0.05, 0.1) is 12.1 Å². The fourth-order valence-electron chi connectivity index (χ4n) is 3.59. The van der Waals surface area contributed by atoms with Crippen molar-refractivity contribution in [2.45, 2.75) is 43.4 Å². The zero-order valence-electron chi connectivity index (χ0n) is 14.8. The zero-order valence-corrected chi connectivity index (χ0v) is 15.6. The Hall–Kier alpha value is -1.98. The maximum atomic E-state index is 14.5. The molecule has 3 unspecified atom stereocenters. The summed E-state index contributed by atoms with van der Waals surface area (Å²) in [6.07, 6.45) is 1.23. The molecule has 0 bridgehead atoms. The molecular formula is C21H23ClF2N2O. The second-order valence-electron chi connectivity index (χ2n) is 7.20. The highest BCUT2D eigenvalue weighted by atomic mass is 35.5. The van der Waals surface area contributed by atoms with Crippen LogP contribution in [0.1, 0.15) is 47.9 Å². The average molecular weight is 393 g/mol. The standard InChI is InChI=1S/C21H22F2N2O.ClH/c22-16-11-19(24-12-16)21(26)25-20(14-4-2-1-3-5-14)15-8-9-17(13-6-7-13)18(23)10-15;/h1-5,8-10,13,16,19-20,24H,6-7,11-12H2,(H,25,26);1H. The summed E-state index contributed by atoms with van der Waals surface area (Å²) >= 11 is 0. The van der Waals surface area contributed by atoms with E-state index in [0.29, 0.717) is 11.5 Å². The topological polar surface area (TPSA) is 41.1 Å². The maximum Gasteiger partial charge on any atom is 0.237 e. The minimum atomic E-state index is -1.00. The first-order chi connectivity index (χ1) is 12.6. The van der Waals surface area contributed by atoms with E-state index < -0.39 is 18.3 Å². The molecule has 0 aromatic heterocycles. The van der Waals surface area contributed by atoms with E-state index >= 15 is 0 Å². The third-order valence-electron chi connectivity index (χ3n) is 5.19. The van der Waals surface area contributed by atoms with Crippen molar-refractivity contribution in [3.8, 4) is 0 Å². The largest absolute Gasteiger partial charge is 0.344 e. The van der Waals surface area contributed by atoms with Gasteiger partial charge in [-0.3, -0.25) is 4.79 Å². The predicted octanol–water partition coefficient (Wildman–Crippen LogP) is 4.03. The van der Waals surface area contributed by atoms with E-state index in [0.717, 1.165) is 24.0 Å². The Labute approximate surface area is 164 Å². The maximum absolute atomic E-state index is 14.5. The summed E-state index contributed by atoms with van der Waals surface area (Å²) in [5, 5.41) is 5.87. The third kappa shape index (κ3) is 4.47. The summed E-state index contributed by atoms with van der Waals surface area (Å²) in [6.45, 7) is 0.193. The van der Waals surface area contributed by atoms with E-state index in [1.807, 2.05) is 42.5 Å². The quantitative estimate of drug-likeness (QED) is 0.806. The average Bonchev–Trinajstić information content (AvgIpc) is 3.40. The fourth-order valence-corrected chi connectivity index (χ4v) is 3.59. The van der Waals surface area contributed by atoms with Crippen molar-refractivity contribution >= 4 is 18.3 Å². The molecule has 3 nitrogen and oxygen atoms in total. The van der Waals surface area contributed by atoms with Crippen LogP contribution in [0, 0.1) is 5.82 Å². The molecule has 0 radical (unpaired) electrons. The normalized spacial score (nSPS) is 22.7. The lowest BCUT2D eigenvalue weighted by Crippen LogP contribution is -2.42. The van der Waals surface area contributed by atoms with Crippen LogP contribution in [0.15, 0.2) is 48.5 Å². The Morgan fingerprint density at radius 2 is 1.85 bits per heavy atom. The van der Waals surface area contributed by atoms with Crippen LogP contribution in [0.5, 0.6) is 0 Å². The Balaban J connectivity index is 0.00000210. The lowest BCUT2D eigenvalue weighted by Gasteiger charge is -2.22. The van der Waals surface area contributed by atoms with Gasteiger partial charge in [0.25, 0.3) is 0 Å². The Morgan fingerprint density at radius 1 is 1.11 bits per heavy atom. The van der Waals surface area contributed by atoms with Crippen molar-refractivity contribution in [2.24, 2.45) is 0 Å². The highest BCUT2D eigenvalue weighted by Crippen LogP contribution is 2.41. The number of alkyl halides is 1. The van der Waals surface area contributed by atoms with Crippen molar-refractivity contribution in [1.82, 2.24) is 10.6 Å². The number of rotatable bonds is 5. The van der Waals surface area contributed by atoms with E-state index in [-0.39, 0.29) is 37.1 Å². The molecule has 1 amide bonds. The molecule has 1 heterocycles. The van der Waals surface area contributed by atoms with Crippen LogP contribution in [0.4, 0.5) is 8.78 Å². The Kier molecular flexibility index (Phi) is 6.12. The van der Waals surface area contributed by atoms with Crippen molar-refractivity contribution in [3.63, 3.8) is 0 Å². The van der Waals surface area contributed by atoms with Crippen molar-refractivity contribution < 1.29 is 13.6 Å². The zero-order chi connectivity index (χ0) is 18.1. The van der Waals surface area contributed by atoms with Gasteiger partial charge in [0.2, 0.25) is 5.91 Å². The van der Waals surface area contributed by atoms with E-state index in [1.165, 1.54) is 6.07 Å². The van der Waals surface area contributed by atoms with Crippen LogP contribution in [0.25, 0.3) is 0 Å². The molecule has 2 aromatic carbocycles. The molecule has 27 heavy (non-hydrogen) atoms. The molecule has 0 spiro atoms. The minimum absolute atomic E-state index is 0. The van der Waals surface area contributed by atoms with Crippen LogP contribution >= 0.6 is 12.4 Å². The van der Waals surface area contributed by atoms with E-state index in [2.05, 4.69) is 10.6 Å². The van der Waals surface area contributed by atoms with Gasteiger partial charge in [0, 0.05) is 13.0 Å². The molecular weight excluding hydrogens is 370 g/mol. The molecule has 144 valence electrons. The molecule has 2 aromatic rings. The summed E-state index contributed by atoms with van der Waals surface area (Å²) < 4.78 is 27.9. The molecule has 1 aliphatic heterocycles. The Bertz CT molecular complexity index is 798. The first-order valence-electron chi connectivity index (χ1n) is 9.14. The highest BCUT2D eigenvalue weighted by molar-refractivity contribution is 5.85. The molecule has 2 N–H and O–H groups in total. The second kappa shape index (κ2) is 8.36. The van der Waals surface area contributed by atoms with Crippen molar-refractivity contribution in [3.05, 3.63) is 71.0 Å². The number of hydrogen-bond acceptors (Lipinski definition) is 2. The smallest absolute Gasteiger partial charge is 0.237 e. The van der Waals surface area contributed by atoms with Gasteiger partial charge in [-0.2, -0.15) is 0 Å². The van der Waals surface area contributed by atoms with Crippen LogP contribution in [-0.4, -0.2) is 24.7 Å². The summed E-state index contributed by atoms with van der Waals surface area (Å²) in [5.74, 6) is -0.147. The molecule has 3 atom stereocenters. The summed E-state index contributed by atoms with van der Waals surface area (Å²) in [5.41, 5.74) is 2.32. The SMILES string of the molecule is Cl.O=C(NC(c1ccccc1)c1ccc(C2CC2)c(F)c1)C1CC(F)CN1. The lowest BCUT2D eigenvalue weighted by atomic mass is 9.96. The molecule has 2 aliphatic rings. The highest BCUT2D eigenvalue weighted by Gasteiger charge is 2.31.